The maximum absolute atomic E-state index is 12.1. The van der Waals surface area contributed by atoms with E-state index < -0.39 is 0 Å². The summed E-state index contributed by atoms with van der Waals surface area (Å²) in [6, 6.07) is 18.2. The fraction of sp³-hybridized carbons (Fsp3) is 0.235. The molecule has 0 radical (unpaired) electrons. The van der Waals surface area contributed by atoms with E-state index in [9.17, 15) is 4.79 Å². The maximum Gasteiger partial charge on any atom is 0.232 e. The van der Waals surface area contributed by atoms with Crippen molar-refractivity contribution in [1.82, 2.24) is 4.90 Å². The molecule has 2 aromatic rings. The molecule has 1 amide bonds. The second kappa shape index (κ2) is 8.25. The number of rotatable bonds is 6. The molecule has 0 atom stereocenters. The first kappa shape index (κ1) is 16.1. The fourth-order valence-electron chi connectivity index (χ4n) is 1.91. The van der Waals surface area contributed by atoms with E-state index in [1.54, 1.807) is 16.7 Å². The van der Waals surface area contributed by atoms with Crippen molar-refractivity contribution in [3.05, 3.63) is 70.2 Å². The van der Waals surface area contributed by atoms with Crippen LogP contribution in [-0.4, -0.2) is 23.6 Å². The number of benzene rings is 2. The Morgan fingerprint density at radius 2 is 1.76 bits per heavy atom. The maximum atomic E-state index is 12.1. The average molecular weight is 364 g/mol. The van der Waals surface area contributed by atoms with Gasteiger partial charge in [-0.15, -0.1) is 11.8 Å². The molecular weight excluding hydrogens is 346 g/mol. The number of halogens is 1. The summed E-state index contributed by atoms with van der Waals surface area (Å²) in [4.78, 5) is 13.9. The van der Waals surface area contributed by atoms with E-state index in [0.717, 1.165) is 15.8 Å². The van der Waals surface area contributed by atoms with Crippen LogP contribution in [0.5, 0.6) is 0 Å². The second-order valence-corrected chi connectivity index (χ2v) is 6.66. The number of thioether (sulfide) groups is 1. The SMILES string of the molecule is CN(Cc1ccccc1Br)C(=O)CSCc1ccccc1. The van der Waals surface area contributed by atoms with E-state index in [0.29, 0.717) is 12.3 Å². The molecule has 0 aromatic heterocycles. The highest BCUT2D eigenvalue weighted by molar-refractivity contribution is 9.10. The lowest BCUT2D eigenvalue weighted by Gasteiger charge is -2.18. The van der Waals surface area contributed by atoms with E-state index in [1.165, 1.54) is 5.56 Å². The summed E-state index contributed by atoms with van der Waals surface area (Å²) in [5.41, 5.74) is 2.38. The summed E-state index contributed by atoms with van der Waals surface area (Å²) >= 11 is 5.17. The van der Waals surface area contributed by atoms with Crippen molar-refractivity contribution >= 4 is 33.6 Å². The first-order valence-electron chi connectivity index (χ1n) is 6.76. The first-order valence-corrected chi connectivity index (χ1v) is 8.70. The van der Waals surface area contributed by atoms with Crippen LogP contribution in [0.25, 0.3) is 0 Å². The van der Waals surface area contributed by atoms with E-state index in [2.05, 4.69) is 28.1 Å². The molecule has 21 heavy (non-hydrogen) atoms. The summed E-state index contributed by atoms with van der Waals surface area (Å²) in [7, 11) is 1.85. The zero-order chi connectivity index (χ0) is 15.1. The van der Waals surface area contributed by atoms with Gasteiger partial charge in [0.1, 0.15) is 0 Å². The van der Waals surface area contributed by atoms with Gasteiger partial charge in [0.05, 0.1) is 5.75 Å². The minimum Gasteiger partial charge on any atom is -0.341 e. The zero-order valence-electron chi connectivity index (χ0n) is 12.0. The Kier molecular flexibility index (Phi) is 6.33. The van der Waals surface area contributed by atoms with Crippen LogP contribution in [0, 0.1) is 0 Å². The molecule has 0 saturated carbocycles. The number of amides is 1. The molecule has 0 aliphatic carbocycles. The Hall–Kier alpha value is -1.26. The molecule has 0 spiro atoms. The monoisotopic (exact) mass is 363 g/mol. The van der Waals surface area contributed by atoms with Gasteiger partial charge in [-0.1, -0.05) is 64.5 Å². The Morgan fingerprint density at radius 3 is 2.48 bits per heavy atom. The van der Waals surface area contributed by atoms with Gasteiger partial charge in [0.2, 0.25) is 5.91 Å². The highest BCUT2D eigenvalue weighted by atomic mass is 79.9. The molecule has 2 nitrogen and oxygen atoms in total. The van der Waals surface area contributed by atoms with Crippen LogP contribution in [0.2, 0.25) is 0 Å². The van der Waals surface area contributed by atoms with Crippen LogP contribution in [-0.2, 0) is 17.1 Å². The van der Waals surface area contributed by atoms with Crippen molar-refractivity contribution in [1.29, 1.82) is 0 Å². The lowest BCUT2D eigenvalue weighted by atomic mass is 10.2. The number of nitrogens with zero attached hydrogens (tertiary/aromatic N) is 1. The number of carbonyl (C=O) groups excluding carboxylic acids is 1. The number of hydrogen-bond acceptors (Lipinski definition) is 2. The highest BCUT2D eigenvalue weighted by Gasteiger charge is 2.10. The van der Waals surface area contributed by atoms with Crippen LogP contribution in [0.3, 0.4) is 0 Å². The van der Waals surface area contributed by atoms with Crippen molar-refractivity contribution in [2.75, 3.05) is 12.8 Å². The Balaban J connectivity index is 1.79. The molecule has 0 bridgehead atoms. The van der Waals surface area contributed by atoms with E-state index >= 15 is 0 Å². The molecule has 2 rings (SSSR count). The molecule has 110 valence electrons. The van der Waals surface area contributed by atoms with Gasteiger partial charge >= 0.3 is 0 Å². The van der Waals surface area contributed by atoms with Crippen molar-refractivity contribution < 1.29 is 4.79 Å². The average Bonchev–Trinajstić information content (AvgIpc) is 2.50. The highest BCUT2D eigenvalue weighted by Crippen LogP contribution is 2.18. The van der Waals surface area contributed by atoms with Gasteiger partial charge in [-0.3, -0.25) is 4.79 Å². The summed E-state index contributed by atoms with van der Waals surface area (Å²) < 4.78 is 1.04. The van der Waals surface area contributed by atoms with Crippen LogP contribution in [0.4, 0.5) is 0 Å². The van der Waals surface area contributed by atoms with Gasteiger partial charge < -0.3 is 4.90 Å². The van der Waals surface area contributed by atoms with Gasteiger partial charge in [-0.2, -0.15) is 0 Å². The van der Waals surface area contributed by atoms with Gasteiger partial charge in [-0.25, -0.2) is 0 Å². The standard InChI is InChI=1S/C17H18BrNOS/c1-19(11-15-9-5-6-10-16(15)18)17(20)13-21-12-14-7-3-2-4-8-14/h2-10H,11-13H2,1H3. The molecule has 0 saturated heterocycles. The topological polar surface area (TPSA) is 20.3 Å². The van der Waals surface area contributed by atoms with Gasteiger partial charge in [0, 0.05) is 23.8 Å². The van der Waals surface area contributed by atoms with Crippen LogP contribution in [0.15, 0.2) is 59.1 Å². The third kappa shape index (κ3) is 5.21. The van der Waals surface area contributed by atoms with Gasteiger partial charge in [0.25, 0.3) is 0 Å². The van der Waals surface area contributed by atoms with E-state index in [4.69, 9.17) is 0 Å². The second-order valence-electron chi connectivity index (χ2n) is 4.82. The molecule has 4 heteroatoms. The molecule has 0 aliphatic rings. The van der Waals surface area contributed by atoms with Crippen molar-refractivity contribution in [3.63, 3.8) is 0 Å². The van der Waals surface area contributed by atoms with Crippen molar-refractivity contribution in [2.45, 2.75) is 12.3 Å². The van der Waals surface area contributed by atoms with Crippen LogP contribution >= 0.6 is 27.7 Å². The first-order chi connectivity index (χ1) is 10.2. The zero-order valence-corrected chi connectivity index (χ0v) is 14.4. The lowest BCUT2D eigenvalue weighted by molar-refractivity contribution is -0.127. The molecule has 0 heterocycles. The summed E-state index contributed by atoms with van der Waals surface area (Å²) in [6.07, 6.45) is 0. The molecule has 0 aliphatic heterocycles. The minimum absolute atomic E-state index is 0.159. The van der Waals surface area contributed by atoms with Crippen molar-refractivity contribution in [2.24, 2.45) is 0 Å². The molecule has 2 aromatic carbocycles. The predicted octanol–water partition coefficient (Wildman–Crippen LogP) is 4.34. The summed E-state index contributed by atoms with van der Waals surface area (Å²) in [5.74, 6) is 1.54. The van der Waals surface area contributed by atoms with E-state index in [-0.39, 0.29) is 5.91 Å². The van der Waals surface area contributed by atoms with E-state index in [1.807, 2.05) is 49.5 Å². The summed E-state index contributed by atoms with van der Waals surface area (Å²) in [5, 5.41) is 0. The fourth-order valence-corrected chi connectivity index (χ4v) is 3.25. The molecule has 0 N–H and O–H groups in total. The smallest absolute Gasteiger partial charge is 0.232 e. The third-order valence-corrected chi connectivity index (χ3v) is 4.89. The summed E-state index contributed by atoms with van der Waals surface area (Å²) in [6.45, 7) is 0.631. The third-order valence-electron chi connectivity index (χ3n) is 3.13. The number of hydrogen-bond donors (Lipinski definition) is 0. The predicted molar refractivity (Wildman–Crippen MR) is 93.2 cm³/mol. The Labute approximate surface area is 138 Å². The van der Waals surface area contributed by atoms with Gasteiger partial charge in [0.15, 0.2) is 0 Å². The van der Waals surface area contributed by atoms with Gasteiger partial charge in [-0.05, 0) is 17.2 Å². The minimum atomic E-state index is 0.159. The Bertz CT molecular complexity index is 588. The lowest BCUT2D eigenvalue weighted by Crippen LogP contribution is -2.28. The Morgan fingerprint density at radius 1 is 1.10 bits per heavy atom. The molecule has 0 unspecified atom stereocenters. The van der Waals surface area contributed by atoms with Crippen LogP contribution in [0.1, 0.15) is 11.1 Å². The normalized spacial score (nSPS) is 10.4. The molecule has 0 fully saturated rings. The number of carbonyl (C=O) groups is 1. The molecular formula is C17H18BrNOS. The van der Waals surface area contributed by atoms with Crippen LogP contribution < -0.4 is 0 Å². The quantitative estimate of drug-likeness (QED) is 0.760. The van der Waals surface area contributed by atoms with Crippen molar-refractivity contribution in [3.8, 4) is 0 Å². The largest absolute Gasteiger partial charge is 0.341 e.